The van der Waals surface area contributed by atoms with Crippen LogP contribution >= 0.6 is 11.8 Å². The van der Waals surface area contributed by atoms with Crippen LogP contribution < -0.4 is 0 Å². The molecule has 7 heteroatoms. The third-order valence-electron chi connectivity index (χ3n) is 2.53. The minimum atomic E-state index is -0.600. The monoisotopic (exact) mass is 306 g/mol. The SMILES string of the molecule is CC(C)OC(=O)CN1C(=O)S/C(=C/c2ccncc2)C1=O. The van der Waals surface area contributed by atoms with Crippen LogP contribution in [-0.2, 0) is 14.3 Å². The van der Waals surface area contributed by atoms with Crippen LogP contribution in [0.4, 0.5) is 4.79 Å². The summed E-state index contributed by atoms with van der Waals surface area (Å²) in [4.78, 5) is 40.6. The Morgan fingerprint density at radius 2 is 2.05 bits per heavy atom. The normalized spacial score (nSPS) is 16.9. The van der Waals surface area contributed by atoms with Crippen LogP contribution in [0.25, 0.3) is 6.08 Å². The topological polar surface area (TPSA) is 76.6 Å². The molecule has 0 aromatic carbocycles. The second kappa shape index (κ2) is 6.53. The molecular formula is C14H14N2O4S. The van der Waals surface area contributed by atoms with Gasteiger partial charge in [0.1, 0.15) is 6.54 Å². The lowest BCUT2D eigenvalue weighted by Crippen LogP contribution is -2.35. The highest BCUT2D eigenvalue weighted by Crippen LogP contribution is 2.31. The van der Waals surface area contributed by atoms with Gasteiger partial charge in [0.2, 0.25) is 0 Å². The molecule has 0 aliphatic carbocycles. The Balaban J connectivity index is 2.10. The number of hydrogen-bond donors (Lipinski definition) is 0. The number of imide groups is 1. The van der Waals surface area contributed by atoms with E-state index in [-0.39, 0.29) is 17.6 Å². The van der Waals surface area contributed by atoms with Gasteiger partial charge in [-0.15, -0.1) is 0 Å². The highest BCUT2D eigenvalue weighted by Gasteiger charge is 2.36. The van der Waals surface area contributed by atoms with Crippen molar-refractivity contribution in [2.45, 2.75) is 20.0 Å². The van der Waals surface area contributed by atoms with E-state index in [0.29, 0.717) is 0 Å². The molecule has 0 bridgehead atoms. The average molecular weight is 306 g/mol. The summed E-state index contributed by atoms with van der Waals surface area (Å²) in [6.07, 6.45) is 4.50. The summed E-state index contributed by atoms with van der Waals surface area (Å²) in [5.74, 6) is -1.08. The molecule has 0 unspecified atom stereocenters. The van der Waals surface area contributed by atoms with Crippen molar-refractivity contribution in [2.75, 3.05) is 6.54 Å². The lowest BCUT2D eigenvalue weighted by Gasteiger charge is -2.13. The molecule has 0 saturated carbocycles. The molecule has 1 aromatic rings. The second-order valence-corrected chi connectivity index (χ2v) is 5.58. The molecule has 2 amide bonds. The van der Waals surface area contributed by atoms with Gasteiger partial charge in [0.25, 0.3) is 11.1 Å². The Bertz CT molecular complexity index is 598. The van der Waals surface area contributed by atoms with Gasteiger partial charge in [-0.1, -0.05) is 0 Å². The zero-order valence-corrected chi connectivity index (χ0v) is 12.4. The first kappa shape index (κ1) is 15.2. The molecule has 1 fully saturated rings. The van der Waals surface area contributed by atoms with E-state index in [2.05, 4.69) is 4.98 Å². The summed E-state index contributed by atoms with van der Waals surface area (Å²) in [6.45, 7) is 3.04. The van der Waals surface area contributed by atoms with Gasteiger partial charge in [-0.25, -0.2) is 0 Å². The fraction of sp³-hybridized carbons (Fsp3) is 0.286. The number of rotatable bonds is 4. The first-order valence-corrected chi connectivity index (χ1v) is 7.14. The number of thioether (sulfide) groups is 1. The van der Waals surface area contributed by atoms with Gasteiger partial charge in [-0.2, -0.15) is 0 Å². The third kappa shape index (κ3) is 3.91. The predicted octanol–water partition coefficient (Wildman–Crippen LogP) is 2.07. The van der Waals surface area contributed by atoms with Gasteiger partial charge >= 0.3 is 5.97 Å². The molecule has 21 heavy (non-hydrogen) atoms. The van der Waals surface area contributed by atoms with Gasteiger partial charge in [0.15, 0.2) is 0 Å². The number of carbonyl (C=O) groups is 3. The molecule has 1 saturated heterocycles. The Morgan fingerprint density at radius 1 is 1.38 bits per heavy atom. The van der Waals surface area contributed by atoms with Crippen molar-refractivity contribution in [1.82, 2.24) is 9.88 Å². The molecule has 0 spiro atoms. The number of carbonyl (C=O) groups excluding carboxylic acids is 3. The van der Waals surface area contributed by atoms with Gasteiger partial charge in [0.05, 0.1) is 11.0 Å². The fourth-order valence-electron chi connectivity index (χ4n) is 1.68. The number of aromatic nitrogens is 1. The maximum atomic E-state index is 12.1. The van der Waals surface area contributed by atoms with Crippen molar-refractivity contribution in [3.8, 4) is 0 Å². The van der Waals surface area contributed by atoms with Crippen LogP contribution in [-0.4, -0.2) is 39.6 Å². The van der Waals surface area contributed by atoms with Gasteiger partial charge in [0, 0.05) is 12.4 Å². The van der Waals surface area contributed by atoms with E-state index < -0.39 is 17.1 Å². The van der Waals surface area contributed by atoms with Crippen LogP contribution in [0.5, 0.6) is 0 Å². The molecular weight excluding hydrogens is 292 g/mol. The number of ether oxygens (including phenoxy) is 1. The Morgan fingerprint density at radius 3 is 2.67 bits per heavy atom. The smallest absolute Gasteiger partial charge is 0.326 e. The first-order valence-electron chi connectivity index (χ1n) is 6.32. The molecule has 1 aromatic heterocycles. The van der Waals surface area contributed by atoms with E-state index in [0.717, 1.165) is 22.2 Å². The quantitative estimate of drug-likeness (QED) is 0.626. The van der Waals surface area contributed by atoms with Crippen molar-refractivity contribution in [3.63, 3.8) is 0 Å². The number of nitrogens with zero attached hydrogens (tertiary/aromatic N) is 2. The highest BCUT2D eigenvalue weighted by molar-refractivity contribution is 8.18. The van der Waals surface area contributed by atoms with Gasteiger partial charge in [-0.3, -0.25) is 24.3 Å². The zero-order chi connectivity index (χ0) is 15.4. The van der Waals surface area contributed by atoms with E-state index >= 15 is 0 Å². The van der Waals surface area contributed by atoms with E-state index in [1.807, 2.05) is 0 Å². The van der Waals surface area contributed by atoms with Crippen LogP contribution in [0, 0.1) is 0 Å². The molecule has 2 heterocycles. The average Bonchev–Trinajstić information content (AvgIpc) is 2.67. The summed E-state index contributed by atoms with van der Waals surface area (Å²) in [5.41, 5.74) is 0.764. The molecule has 0 N–H and O–H groups in total. The molecule has 6 nitrogen and oxygen atoms in total. The maximum Gasteiger partial charge on any atom is 0.326 e. The largest absolute Gasteiger partial charge is 0.462 e. The Hall–Kier alpha value is -2.15. The Labute approximate surface area is 126 Å². The van der Waals surface area contributed by atoms with E-state index in [4.69, 9.17) is 4.74 Å². The zero-order valence-electron chi connectivity index (χ0n) is 11.6. The van der Waals surface area contributed by atoms with Crippen molar-refractivity contribution < 1.29 is 19.1 Å². The van der Waals surface area contributed by atoms with Crippen LogP contribution in [0.1, 0.15) is 19.4 Å². The van der Waals surface area contributed by atoms with Crippen molar-refractivity contribution >= 4 is 35.0 Å². The van der Waals surface area contributed by atoms with E-state index in [9.17, 15) is 14.4 Å². The summed E-state index contributed by atoms with van der Waals surface area (Å²) in [6, 6.07) is 3.45. The van der Waals surface area contributed by atoms with E-state index in [1.165, 1.54) is 0 Å². The molecule has 1 aliphatic rings. The third-order valence-corrected chi connectivity index (χ3v) is 3.44. The summed E-state index contributed by atoms with van der Waals surface area (Å²) < 4.78 is 4.94. The highest BCUT2D eigenvalue weighted by atomic mass is 32.2. The van der Waals surface area contributed by atoms with Crippen LogP contribution in [0.3, 0.4) is 0 Å². The molecule has 0 radical (unpaired) electrons. The van der Waals surface area contributed by atoms with Crippen LogP contribution in [0.15, 0.2) is 29.4 Å². The minimum absolute atomic E-state index is 0.281. The molecule has 0 atom stereocenters. The molecule has 2 rings (SSSR count). The number of pyridine rings is 1. The lowest BCUT2D eigenvalue weighted by molar-refractivity contribution is -0.149. The summed E-state index contributed by atoms with van der Waals surface area (Å²) in [5, 5.41) is -0.471. The van der Waals surface area contributed by atoms with Crippen molar-refractivity contribution in [2.24, 2.45) is 0 Å². The van der Waals surface area contributed by atoms with Gasteiger partial charge in [-0.05, 0) is 49.4 Å². The lowest BCUT2D eigenvalue weighted by atomic mass is 10.2. The molecule has 1 aliphatic heterocycles. The first-order chi connectivity index (χ1) is 9.97. The second-order valence-electron chi connectivity index (χ2n) is 4.59. The Kier molecular flexibility index (Phi) is 4.74. The molecule has 110 valence electrons. The van der Waals surface area contributed by atoms with Gasteiger partial charge < -0.3 is 4.74 Å². The number of hydrogen-bond acceptors (Lipinski definition) is 6. The minimum Gasteiger partial charge on any atom is -0.462 e. The summed E-state index contributed by atoms with van der Waals surface area (Å²) in [7, 11) is 0. The van der Waals surface area contributed by atoms with Crippen molar-refractivity contribution in [3.05, 3.63) is 35.0 Å². The summed E-state index contributed by atoms with van der Waals surface area (Å²) >= 11 is 0.808. The van der Waals surface area contributed by atoms with Crippen LogP contribution in [0.2, 0.25) is 0 Å². The van der Waals surface area contributed by atoms with E-state index in [1.54, 1.807) is 44.4 Å². The maximum absolute atomic E-state index is 12.1. The fourth-order valence-corrected chi connectivity index (χ4v) is 2.51. The predicted molar refractivity (Wildman–Crippen MR) is 78.1 cm³/mol. The number of esters is 1. The number of amides is 2. The standard InChI is InChI=1S/C14H14N2O4S/c1-9(2)20-12(17)8-16-13(18)11(21-14(16)19)7-10-3-5-15-6-4-10/h3-7,9H,8H2,1-2H3/b11-7+. The van der Waals surface area contributed by atoms with Crippen molar-refractivity contribution in [1.29, 1.82) is 0 Å².